The number of phenolic OH excluding ortho intramolecular Hbond substituents is 1. The minimum atomic E-state index is 0.432. The number of nitrogens with one attached hydrogen (secondary N) is 1. The first-order valence-electron chi connectivity index (χ1n) is 5.39. The first-order valence-corrected chi connectivity index (χ1v) is 6.61. The molecule has 1 atom stereocenters. The van der Waals surface area contributed by atoms with Crippen molar-refractivity contribution in [3.63, 3.8) is 0 Å². The van der Waals surface area contributed by atoms with Crippen molar-refractivity contribution in [2.45, 2.75) is 30.2 Å². The van der Waals surface area contributed by atoms with Crippen LogP contribution in [0, 0.1) is 0 Å². The number of aromatic hydroxyl groups is 1. The van der Waals surface area contributed by atoms with Gasteiger partial charge in [0.2, 0.25) is 0 Å². The van der Waals surface area contributed by atoms with E-state index in [-0.39, 0.29) is 0 Å². The lowest BCUT2D eigenvalue weighted by Gasteiger charge is -2.12. The summed E-state index contributed by atoms with van der Waals surface area (Å²) in [5.74, 6) is 0.432. The summed E-state index contributed by atoms with van der Waals surface area (Å²) in [6.45, 7) is 1.12. The Bertz CT molecular complexity index is 334. The third kappa shape index (κ3) is 2.67. The first-order chi connectivity index (χ1) is 7.29. The Morgan fingerprint density at radius 2 is 2.40 bits per heavy atom. The molecule has 2 rings (SSSR count). The van der Waals surface area contributed by atoms with E-state index >= 15 is 0 Å². The van der Waals surface area contributed by atoms with Gasteiger partial charge in [-0.1, -0.05) is 0 Å². The highest BCUT2D eigenvalue weighted by Gasteiger charge is 2.16. The molecule has 1 aliphatic rings. The van der Waals surface area contributed by atoms with Crippen LogP contribution in [0.3, 0.4) is 0 Å². The predicted octanol–water partition coefficient (Wildman–Crippen LogP) is 2.41. The largest absolute Gasteiger partial charge is 0.508 e. The van der Waals surface area contributed by atoms with Crippen molar-refractivity contribution < 1.29 is 5.11 Å². The van der Waals surface area contributed by atoms with Crippen molar-refractivity contribution in [1.29, 1.82) is 0 Å². The van der Waals surface area contributed by atoms with Gasteiger partial charge in [-0.05, 0) is 55.8 Å². The van der Waals surface area contributed by atoms with Crippen LogP contribution in [0.25, 0.3) is 0 Å². The summed E-state index contributed by atoms with van der Waals surface area (Å²) < 4.78 is 0. The van der Waals surface area contributed by atoms with Crippen LogP contribution in [-0.2, 0) is 6.42 Å². The summed E-state index contributed by atoms with van der Waals surface area (Å²) >= 11 is 1.72. The summed E-state index contributed by atoms with van der Waals surface area (Å²) in [7, 11) is 0. The maximum Gasteiger partial charge on any atom is 0.118 e. The second-order valence-electron chi connectivity index (χ2n) is 3.99. The molecule has 0 bridgehead atoms. The van der Waals surface area contributed by atoms with Gasteiger partial charge >= 0.3 is 0 Å². The van der Waals surface area contributed by atoms with Crippen molar-refractivity contribution >= 4 is 11.8 Å². The maximum atomic E-state index is 9.75. The molecule has 1 aromatic rings. The molecule has 0 amide bonds. The van der Waals surface area contributed by atoms with Gasteiger partial charge in [0.25, 0.3) is 0 Å². The van der Waals surface area contributed by atoms with Crippen molar-refractivity contribution in [3.8, 4) is 5.75 Å². The van der Waals surface area contributed by atoms with Gasteiger partial charge in [-0.2, -0.15) is 0 Å². The van der Waals surface area contributed by atoms with Gasteiger partial charge in [0.15, 0.2) is 0 Å². The molecule has 2 N–H and O–H groups in total. The molecule has 0 aromatic heterocycles. The smallest absolute Gasteiger partial charge is 0.118 e. The second kappa shape index (κ2) is 4.90. The van der Waals surface area contributed by atoms with Gasteiger partial charge in [-0.25, -0.2) is 0 Å². The molecule has 1 aliphatic heterocycles. The van der Waals surface area contributed by atoms with Gasteiger partial charge < -0.3 is 10.4 Å². The Balaban J connectivity index is 2.11. The van der Waals surface area contributed by atoms with Crippen LogP contribution in [-0.4, -0.2) is 23.9 Å². The van der Waals surface area contributed by atoms with Crippen LogP contribution in [0.15, 0.2) is 23.1 Å². The lowest BCUT2D eigenvalue weighted by Crippen LogP contribution is -2.23. The molecule has 0 spiro atoms. The number of benzene rings is 1. The molecule has 1 unspecified atom stereocenters. The molecular weight excluding hydrogens is 206 g/mol. The second-order valence-corrected chi connectivity index (χ2v) is 4.87. The Hall–Kier alpha value is -0.670. The standard InChI is InChI=1S/C12H17NOS/c1-15-11-4-5-12(14)9(8-11)7-10-3-2-6-13-10/h4-5,8,10,13-14H,2-3,6-7H2,1H3. The molecule has 1 saturated heterocycles. The molecule has 1 heterocycles. The zero-order valence-electron chi connectivity index (χ0n) is 8.99. The molecule has 82 valence electrons. The van der Waals surface area contributed by atoms with Crippen LogP contribution in [0.1, 0.15) is 18.4 Å². The van der Waals surface area contributed by atoms with E-state index in [0.717, 1.165) is 18.5 Å². The fourth-order valence-electron chi connectivity index (χ4n) is 2.05. The SMILES string of the molecule is CSc1ccc(O)c(CC2CCCN2)c1. The lowest BCUT2D eigenvalue weighted by molar-refractivity contribution is 0.461. The number of thioether (sulfide) groups is 1. The van der Waals surface area contributed by atoms with Crippen LogP contribution < -0.4 is 5.32 Å². The number of phenols is 1. The highest BCUT2D eigenvalue weighted by molar-refractivity contribution is 7.98. The Morgan fingerprint density at radius 1 is 1.53 bits per heavy atom. The van der Waals surface area contributed by atoms with E-state index in [1.54, 1.807) is 17.8 Å². The molecule has 0 aliphatic carbocycles. The number of hydrogen-bond acceptors (Lipinski definition) is 3. The molecule has 3 heteroatoms. The van der Waals surface area contributed by atoms with Crippen LogP contribution in [0.5, 0.6) is 5.75 Å². The average molecular weight is 223 g/mol. The van der Waals surface area contributed by atoms with Crippen molar-refractivity contribution in [2.75, 3.05) is 12.8 Å². The molecule has 1 fully saturated rings. The van der Waals surface area contributed by atoms with E-state index in [1.165, 1.54) is 17.7 Å². The van der Waals surface area contributed by atoms with Crippen LogP contribution >= 0.6 is 11.8 Å². The molecule has 2 nitrogen and oxygen atoms in total. The lowest BCUT2D eigenvalue weighted by atomic mass is 10.0. The van der Waals surface area contributed by atoms with Crippen LogP contribution in [0.2, 0.25) is 0 Å². The van der Waals surface area contributed by atoms with E-state index in [0.29, 0.717) is 11.8 Å². The van der Waals surface area contributed by atoms with E-state index in [1.807, 2.05) is 6.07 Å². The molecule has 0 radical (unpaired) electrons. The molecule has 0 saturated carbocycles. The van der Waals surface area contributed by atoms with Gasteiger partial charge in [-0.15, -0.1) is 11.8 Å². The van der Waals surface area contributed by atoms with Crippen molar-refractivity contribution in [2.24, 2.45) is 0 Å². The van der Waals surface area contributed by atoms with E-state index in [2.05, 4.69) is 17.6 Å². The van der Waals surface area contributed by atoms with E-state index in [4.69, 9.17) is 0 Å². The Labute approximate surface area is 95.1 Å². The Kier molecular flexibility index (Phi) is 3.54. The van der Waals surface area contributed by atoms with Crippen molar-refractivity contribution in [1.82, 2.24) is 5.32 Å². The van der Waals surface area contributed by atoms with E-state index in [9.17, 15) is 5.11 Å². The molecule has 15 heavy (non-hydrogen) atoms. The Morgan fingerprint density at radius 3 is 3.07 bits per heavy atom. The fraction of sp³-hybridized carbons (Fsp3) is 0.500. The first kappa shape index (κ1) is 10.8. The van der Waals surface area contributed by atoms with Gasteiger partial charge in [-0.3, -0.25) is 0 Å². The highest BCUT2D eigenvalue weighted by atomic mass is 32.2. The average Bonchev–Trinajstić information content (AvgIpc) is 2.74. The summed E-state index contributed by atoms with van der Waals surface area (Å²) in [4.78, 5) is 1.22. The third-order valence-corrected chi connectivity index (χ3v) is 3.64. The normalized spacial score (nSPS) is 20.7. The number of rotatable bonds is 3. The summed E-state index contributed by atoms with van der Waals surface area (Å²) in [6.07, 6.45) is 5.49. The minimum absolute atomic E-state index is 0.432. The monoisotopic (exact) mass is 223 g/mol. The third-order valence-electron chi connectivity index (χ3n) is 2.92. The molecule has 1 aromatic carbocycles. The van der Waals surface area contributed by atoms with Gasteiger partial charge in [0.05, 0.1) is 0 Å². The quantitative estimate of drug-likeness (QED) is 0.772. The predicted molar refractivity (Wildman–Crippen MR) is 64.6 cm³/mol. The van der Waals surface area contributed by atoms with E-state index < -0.39 is 0 Å². The van der Waals surface area contributed by atoms with Gasteiger partial charge in [0, 0.05) is 10.9 Å². The number of hydrogen-bond donors (Lipinski definition) is 2. The van der Waals surface area contributed by atoms with Gasteiger partial charge in [0.1, 0.15) is 5.75 Å². The molecular formula is C12H17NOS. The fourth-order valence-corrected chi connectivity index (χ4v) is 2.51. The minimum Gasteiger partial charge on any atom is -0.508 e. The zero-order valence-corrected chi connectivity index (χ0v) is 9.81. The summed E-state index contributed by atoms with van der Waals surface area (Å²) in [5.41, 5.74) is 1.07. The maximum absolute atomic E-state index is 9.75. The van der Waals surface area contributed by atoms with Crippen LogP contribution in [0.4, 0.5) is 0 Å². The topological polar surface area (TPSA) is 32.3 Å². The summed E-state index contributed by atoms with van der Waals surface area (Å²) in [5, 5.41) is 13.2. The van der Waals surface area contributed by atoms with Crippen molar-refractivity contribution in [3.05, 3.63) is 23.8 Å². The summed E-state index contributed by atoms with van der Waals surface area (Å²) in [6, 6.07) is 6.41. The zero-order chi connectivity index (χ0) is 10.7. The highest BCUT2D eigenvalue weighted by Crippen LogP contribution is 2.26.